The summed E-state index contributed by atoms with van der Waals surface area (Å²) in [5.74, 6) is 0.950. The normalized spacial score (nSPS) is 15.1. The zero-order valence-corrected chi connectivity index (χ0v) is 16.4. The van der Waals surface area contributed by atoms with Gasteiger partial charge in [-0.25, -0.2) is 4.68 Å². The molecule has 0 spiro atoms. The fraction of sp³-hybridized carbons (Fsp3) is 0.238. The number of hydrogen-bond acceptors (Lipinski definition) is 6. The molecule has 0 saturated carbocycles. The predicted octanol–water partition coefficient (Wildman–Crippen LogP) is 2.63. The summed E-state index contributed by atoms with van der Waals surface area (Å²) in [5, 5.41) is 9.68. The molecule has 1 aliphatic rings. The minimum atomic E-state index is -0.300. The van der Waals surface area contributed by atoms with Gasteiger partial charge in [-0.2, -0.15) is 10.1 Å². The lowest BCUT2D eigenvalue weighted by molar-refractivity contribution is -0.118. The smallest absolute Gasteiger partial charge is 0.262 e. The van der Waals surface area contributed by atoms with Crippen LogP contribution in [0, 0.1) is 0 Å². The van der Waals surface area contributed by atoms with Crippen LogP contribution in [0.5, 0.6) is 11.5 Å². The number of fused-ring (bicyclic) bond motifs is 1. The van der Waals surface area contributed by atoms with Crippen LogP contribution in [0.3, 0.4) is 0 Å². The van der Waals surface area contributed by atoms with Crippen LogP contribution >= 0.6 is 0 Å². The Morgan fingerprint density at radius 3 is 2.83 bits per heavy atom. The van der Waals surface area contributed by atoms with Gasteiger partial charge in [0.25, 0.3) is 5.91 Å². The zero-order chi connectivity index (χ0) is 20.9. The molecule has 1 aromatic heterocycles. The van der Waals surface area contributed by atoms with E-state index in [1.165, 1.54) is 6.33 Å². The van der Waals surface area contributed by atoms with Crippen molar-refractivity contribution in [3.63, 3.8) is 0 Å². The van der Waals surface area contributed by atoms with Crippen LogP contribution < -0.4 is 20.1 Å². The summed E-state index contributed by atoms with van der Waals surface area (Å²) in [7, 11) is 0. The molecule has 0 fully saturated rings. The standard InChI is InChI=1S/C21H21N5O4/c1-2-29-18-10-14(16-11-19(27)25-21-22-13-23-26(16)21)8-9-17(18)30-12-20(28)24-15-6-4-3-5-7-15/h3-10,13,16H,2,11-12H2,1H3,(H,24,28)(H,22,23,25,27). The number of anilines is 2. The third-order valence-electron chi connectivity index (χ3n) is 4.57. The summed E-state index contributed by atoms with van der Waals surface area (Å²) < 4.78 is 13.1. The number of amides is 2. The lowest BCUT2D eigenvalue weighted by atomic mass is 10.0. The van der Waals surface area contributed by atoms with Crippen LogP contribution in [0.2, 0.25) is 0 Å². The van der Waals surface area contributed by atoms with Crippen molar-refractivity contribution in [3.05, 3.63) is 60.4 Å². The molecule has 154 valence electrons. The highest BCUT2D eigenvalue weighted by molar-refractivity contribution is 5.92. The first-order valence-electron chi connectivity index (χ1n) is 9.58. The lowest BCUT2D eigenvalue weighted by Crippen LogP contribution is -2.29. The second kappa shape index (κ2) is 8.64. The van der Waals surface area contributed by atoms with Crippen molar-refractivity contribution < 1.29 is 19.1 Å². The van der Waals surface area contributed by atoms with Gasteiger partial charge >= 0.3 is 0 Å². The average molecular weight is 407 g/mol. The molecule has 9 heteroatoms. The molecule has 3 aromatic rings. The third-order valence-corrected chi connectivity index (χ3v) is 4.57. The molecule has 1 atom stereocenters. The first-order chi connectivity index (χ1) is 14.6. The molecule has 2 amide bonds. The van der Waals surface area contributed by atoms with Crippen molar-refractivity contribution in [3.8, 4) is 11.5 Å². The van der Waals surface area contributed by atoms with Gasteiger partial charge in [-0.1, -0.05) is 24.3 Å². The van der Waals surface area contributed by atoms with E-state index >= 15 is 0 Å². The van der Waals surface area contributed by atoms with Gasteiger partial charge in [0.2, 0.25) is 11.9 Å². The Morgan fingerprint density at radius 1 is 1.20 bits per heavy atom. The first kappa shape index (κ1) is 19.4. The van der Waals surface area contributed by atoms with E-state index in [2.05, 4.69) is 20.7 Å². The summed E-state index contributed by atoms with van der Waals surface area (Å²) in [5.41, 5.74) is 1.53. The summed E-state index contributed by atoms with van der Waals surface area (Å²) >= 11 is 0. The molecule has 0 radical (unpaired) electrons. The van der Waals surface area contributed by atoms with Gasteiger partial charge in [-0.05, 0) is 36.8 Å². The Labute approximate surface area is 173 Å². The van der Waals surface area contributed by atoms with Gasteiger partial charge in [0.1, 0.15) is 6.33 Å². The maximum Gasteiger partial charge on any atom is 0.262 e. The van der Waals surface area contributed by atoms with Crippen LogP contribution in [-0.4, -0.2) is 39.8 Å². The molecule has 0 aliphatic carbocycles. The average Bonchev–Trinajstić information content (AvgIpc) is 3.21. The van der Waals surface area contributed by atoms with E-state index in [1.807, 2.05) is 37.3 Å². The van der Waals surface area contributed by atoms with Crippen molar-refractivity contribution in [2.24, 2.45) is 0 Å². The summed E-state index contributed by atoms with van der Waals surface area (Å²) in [4.78, 5) is 28.3. The Hall–Kier alpha value is -3.88. The number of para-hydroxylation sites is 1. The van der Waals surface area contributed by atoms with E-state index in [1.54, 1.807) is 22.9 Å². The maximum atomic E-state index is 12.2. The fourth-order valence-electron chi connectivity index (χ4n) is 3.25. The Morgan fingerprint density at radius 2 is 2.03 bits per heavy atom. The quantitative estimate of drug-likeness (QED) is 0.623. The number of ether oxygens (including phenoxy) is 2. The molecule has 0 bridgehead atoms. The minimum absolute atomic E-state index is 0.128. The number of carbonyl (C=O) groups is 2. The zero-order valence-electron chi connectivity index (χ0n) is 16.4. The number of aromatic nitrogens is 3. The maximum absolute atomic E-state index is 12.2. The number of benzene rings is 2. The van der Waals surface area contributed by atoms with Gasteiger partial charge in [-0.15, -0.1) is 0 Å². The van der Waals surface area contributed by atoms with Gasteiger partial charge in [-0.3, -0.25) is 14.9 Å². The molecule has 0 saturated heterocycles. The lowest BCUT2D eigenvalue weighted by Gasteiger charge is -2.24. The molecule has 9 nitrogen and oxygen atoms in total. The molecule has 1 aliphatic heterocycles. The summed E-state index contributed by atoms with van der Waals surface area (Å²) in [6, 6.07) is 14.2. The third kappa shape index (κ3) is 4.24. The van der Waals surface area contributed by atoms with Gasteiger partial charge in [0.05, 0.1) is 19.1 Å². The van der Waals surface area contributed by atoms with Crippen molar-refractivity contribution >= 4 is 23.5 Å². The minimum Gasteiger partial charge on any atom is -0.490 e. The highest BCUT2D eigenvalue weighted by atomic mass is 16.5. The topological polar surface area (TPSA) is 107 Å². The van der Waals surface area contributed by atoms with E-state index in [-0.39, 0.29) is 30.9 Å². The molecule has 4 rings (SSSR count). The highest BCUT2D eigenvalue weighted by Crippen LogP contribution is 2.35. The van der Waals surface area contributed by atoms with E-state index in [9.17, 15) is 9.59 Å². The van der Waals surface area contributed by atoms with Crippen LogP contribution in [-0.2, 0) is 9.59 Å². The van der Waals surface area contributed by atoms with Gasteiger partial charge < -0.3 is 14.8 Å². The van der Waals surface area contributed by atoms with Crippen LogP contribution in [0.1, 0.15) is 24.9 Å². The van der Waals surface area contributed by atoms with Crippen LogP contribution in [0.15, 0.2) is 54.9 Å². The molecule has 1 unspecified atom stereocenters. The Bertz CT molecular complexity index is 1050. The van der Waals surface area contributed by atoms with Crippen LogP contribution in [0.25, 0.3) is 0 Å². The van der Waals surface area contributed by atoms with E-state index in [0.29, 0.717) is 29.7 Å². The largest absolute Gasteiger partial charge is 0.490 e. The summed E-state index contributed by atoms with van der Waals surface area (Å²) in [6.07, 6.45) is 1.64. The van der Waals surface area contributed by atoms with Crippen LogP contribution in [0.4, 0.5) is 11.6 Å². The highest BCUT2D eigenvalue weighted by Gasteiger charge is 2.28. The van der Waals surface area contributed by atoms with Crippen molar-refractivity contribution in [1.82, 2.24) is 14.8 Å². The number of carbonyl (C=O) groups excluding carboxylic acids is 2. The van der Waals surface area contributed by atoms with Crippen molar-refractivity contribution in [1.29, 1.82) is 0 Å². The van der Waals surface area contributed by atoms with Gasteiger partial charge in [0, 0.05) is 5.69 Å². The van der Waals surface area contributed by atoms with E-state index in [4.69, 9.17) is 9.47 Å². The second-order valence-corrected chi connectivity index (χ2v) is 6.64. The second-order valence-electron chi connectivity index (χ2n) is 6.64. The molecular formula is C21H21N5O4. The molecule has 30 heavy (non-hydrogen) atoms. The van der Waals surface area contributed by atoms with Gasteiger partial charge in [0.15, 0.2) is 18.1 Å². The van der Waals surface area contributed by atoms with Crippen molar-refractivity contribution in [2.75, 3.05) is 23.8 Å². The van der Waals surface area contributed by atoms with E-state index < -0.39 is 0 Å². The summed E-state index contributed by atoms with van der Waals surface area (Å²) in [6.45, 7) is 2.13. The Balaban J connectivity index is 1.50. The predicted molar refractivity (Wildman–Crippen MR) is 110 cm³/mol. The number of nitrogens with one attached hydrogen (secondary N) is 2. The Kier molecular flexibility index (Phi) is 5.60. The molecule has 2 heterocycles. The number of hydrogen-bond donors (Lipinski definition) is 2. The van der Waals surface area contributed by atoms with Crippen molar-refractivity contribution in [2.45, 2.75) is 19.4 Å². The monoisotopic (exact) mass is 407 g/mol. The SMILES string of the molecule is CCOc1cc(C2CC(=O)Nc3ncnn32)ccc1OCC(=O)Nc1ccccc1. The molecular weight excluding hydrogens is 386 g/mol. The first-order valence-corrected chi connectivity index (χ1v) is 9.58. The number of nitrogens with zero attached hydrogens (tertiary/aromatic N) is 3. The van der Waals surface area contributed by atoms with E-state index in [0.717, 1.165) is 5.56 Å². The molecule has 2 aromatic carbocycles. The fourth-order valence-corrected chi connectivity index (χ4v) is 3.25. The number of rotatable bonds is 7. The molecule has 2 N–H and O–H groups in total.